The molecule has 0 saturated heterocycles. The van der Waals surface area contributed by atoms with Crippen LogP contribution in [-0.2, 0) is 4.79 Å². The van der Waals surface area contributed by atoms with Crippen molar-refractivity contribution < 1.29 is 23.8 Å². The number of fused-ring (bicyclic) bond motifs is 1. The summed E-state index contributed by atoms with van der Waals surface area (Å²) in [5.41, 5.74) is 5.09. The molecule has 0 spiro atoms. The average molecular weight is 390 g/mol. The van der Waals surface area contributed by atoms with Gasteiger partial charge in [-0.25, -0.2) is 0 Å². The van der Waals surface area contributed by atoms with E-state index in [-0.39, 0.29) is 6.61 Å². The van der Waals surface area contributed by atoms with Crippen LogP contribution in [0.4, 0.5) is 0 Å². The van der Waals surface area contributed by atoms with E-state index < -0.39 is 17.9 Å². The summed E-state index contributed by atoms with van der Waals surface area (Å²) in [4.78, 5) is 24.7. The molecule has 7 nitrogen and oxygen atoms in total. The predicted octanol–water partition coefficient (Wildman–Crippen LogP) is 3.08. The fraction of sp³-hybridized carbons (Fsp3) is 0.0909. The molecule has 0 fully saturated rings. The number of benzene rings is 3. The first-order chi connectivity index (χ1) is 14.2. The highest BCUT2D eigenvalue weighted by Gasteiger charge is 2.27. The van der Waals surface area contributed by atoms with E-state index in [0.29, 0.717) is 28.6 Å². The molecular weight excluding hydrogens is 372 g/mol. The molecule has 3 aromatic carbocycles. The summed E-state index contributed by atoms with van der Waals surface area (Å²) in [5.74, 6) is 1.24. The van der Waals surface area contributed by atoms with E-state index in [4.69, 9.17) is 14.2 Å². The molecule has 3 aromatic rings. The van der Waals surface area contributed by atoms with Gasteiger partial charge in [-0.1, -0.05) is 36.4 Å². The topological polar surface area (TPSA) is 85.9 Å². The number of ether oxygens (including phenoxy) is 3. The van der Waals surface area contributed by atoms with Crippen molar-refractivity contribution in [2.24, 2.45) is 0 Å². The van der Waals surface area contributed by atoms with Crippen molar-refractivity contribution in [3.05, 3.63) is 84.4 Å². The van der Waals surface area contributed by atoms with E-state index >= 15 is 0 Å². The molecule has 0 unspecified atom stereocenters. The third-order valence-electron chi connectivity index (χ3n) is 4.18. The number of hydrazine groups is 1. The summed E-state index contributed by atoms with van der Waals surface area (Å²) in [5, 5.41) is 0. The lowest BCUT2D eigenvalue weighted by Gasteiger charge is -2.25. The van der Waals surface area contributed by atoms with Crippen molar-refractivity contribution >= 4 is 11.8 Å². The quantitative estimate of drug-likeness (QED) is 0.669. The van der Waals surface area contributed by atoms with Crippen molar-refractivity contribution in [1.82, 2.24) is 10.9 Å². The molecule has 2 N–H and O–H groups in total. The second-order valence-electron chi connectivity index (χ2n) is 6.25. The van der Waals surface area contributed by atoms with Crippen molar-refractivity contribution in [3.8, 4) is 23.0 Å². The summed E-state index contributed by atoms with van der Waals surface area (Å²) >= 11 is 0. The second-order valence-corrected chi connectivity index (χ2v) is 6.25. The van der Waals surface area contributed by atoms with Crippen LogP contribution in [0.2, 0.25) is 0 Å². The third-order valence-corrected chi connectivity index (χ3v) is 4.18. The van der Waals surface area contributed by atoms with Crippen LogP contribution in [0.5, 0.6) is 23.0 Å². The smallest absolute Gasteiger partial charge is 0.283 e. The number of nitrogens with one attached hydrogen (secondary N) is 2. The zero-order valence-electron chi connectivity index (χ0n) is 15.3. The van der Waals surface area contributed by atoms with Gasteiger partial charge in [-0.05, 0) is 42.5 Å². The molecule has 146 valence electrons. The largest absolute Gasteiger partial charge is 0.485 e. The van der Waals surface area contributed by atoms with Crippen molar-refractivity contribution in [2.75, 3.05) is 6.61 Å². The molecule has 1 atom stereocenters. The number of rotatable bonds is 4. The van der Waals surface area contributed by atoms with E-state index in [1.54, 1.807) is 42.5 Å². The number of carbonyl (C=O) groups is 2. The number of para-hydroxylation sites is 3. The van der Waals surface area contributed by atoms with Gasteiger partial charge in [-0.2, -0.15) is 0 Å². The van der Waals surface area contributed by atoms with Crippen molar-refractivity contribution in [3.63, 3.8) is 0 Å². The zero-order valence-corrected chi connectivity index (χ0v) is 15.3. The number of carbonyl (C=O) groups excluding carboxylic acids is 2. The molecule has 0 radical (unpaired) electrons. The molecule has 0 aromatic heterocycles. The van der Waals surface area contributed by atoms with E-state index in [1.807, 2.05) is 36.4 Å². The van der Waals surface area contributed by atoms with Gasteiger partial charge in [0, 0.05) is 5.56 Å². The van der Waals surface area contributed by atoms with E-state index in [2.05, 4.69) is 10.9 Å². The molecule has 4 rings (SSSR count). The first kappa shape index (κ1) is 18.4. The van der Waals surface area contributed by atoms with Crippen LogP contribution >= 0.6 is 0 Å². The lowest BCUT2D eigenvalue weighted by Crippen LogP contribution is -2.50. The first-order valence-electron chi connectivity index (χ1n) is 9.01. The van der Waals surface area contributed by atoms with Gasteiger partial charge in [-0.3, -0.25) is 20.4 Å². The third kappa shape index (κ3) is 4.47. The molecule has 1 heterocycles. The lowest BCUT2D eigenvalue weighted by molar-refractivity contribution is -0.131. The molecule has 0 bridgehead atoms. The van der Waals surface area contributed by atoms with Gasteiger partial charge in [0.25, 0.3) is 11.8 Å². The van der Waals surface area contributed by atoms with E-state index in [1.165, 1.54) is 0 Å². The Morgan fingerprint density at radius 2 is 1.55 bits per heavy atom. The fourth-order valence-electron chi connectivity index (χ4n) is 2.75. The fourth-order valence-corrected chi connectivity index (χ4v) is 2.75. The summed E-state index contributed by atoms with van der Waals surface area (Å²) in [7, 11) is 0. The van der Waals surface area contributed by atoms with Crippen LogP contribution in [0.15, 0.2) is 78.9 Å². The standard InChI is InChI=1S/C22H18N2O5/c25-21(15-7-6-10-17(13-15)28-16-8-2-1-3-9-16)23-24-22(26)20-14-27-18-11-4-5-12-19(18)29-20/h1-13,20H,14H2,(H,23,25)(H,24,26)/t20-/m1/s1. The Bertz CT molecular complexity index is 1020. The minimum atomic E-state index is -0.863. The number of hydrogen-bond donors (Lipinski definition) is 2. The monoisotopic (exact) mass is 390 g/mol. The Labute approximate surface area is 167 Å². The molecule has 1 aliphatic heterocycles. The van der Waals surface area contributed by atoms with E-state index in [0.717, 1.165) is 0 Å². The lowest BCUT2D eigenvalue weighted by atomic mass is 10.2. The summed E-state index contributed by atoms with van der Waals surface area (Å²) in [6.07, 6.45) is -0.863. The Hall–Kier alpha value is -4.00. The molecule has 0 aliphatic carbocycles. The van der Waals surface area contributed by atoms with Crippen molar-refractivity contribution in [1.29, 1.82) is 0 Å². The highest BCUT2D eigenvalue weighted by molar-refractivity contribution is 5.96. The van der Waals surface area contributed by atoms with E-state index in [9.17, 15) is 9.59 Å². The molecule has 1 aliphatic rings. The van der Waals surface area contributed by atoms with Gasteiger partial charge in [-0.15, -0.1) is 0 Å². The number of hydrogen-bond acceptors (Lipinski definition) is 5. The number of amides is 2. The minimum absolute atomic E-state index is 0.0547. The normalized spacial score (nSPS) is 14.6. The van der Waals surface area contributed by atoms with Gasteiger partial charge in [0.2, 0.25) is 6.10 Å². The minimum Gasteiger partial charge on any atom is -0.485 e. The maximum absolute atomic E-state index is 12.4. The average Bonchev–Trinajstić information content (AvgIpc) is 2.77. The van der Waals surface area contributed by atoms with Crippen LogP contribution in [-0.4, -0.2) is 24.5 Å². The molecule has 0 saturated carbocycles. The SMILES string of the molecule is O=C(NNC(=O)[C@H]1COc2ccccc2O1)c1cccc(Oc2ccccc2)c1. The Morgan fingerprint density at radius 1 is 0.828 bits per heavy atom. The Balaban J connectivity index is 1.34. The highest BCUT2D eigenvalue weighted by atomic mass is 16.6. The van der Waals surface area contributed by atoms with Crippen LogP contribution < -0.4 is 25.1 Å². The Morgan fingerprint density at radius 3 is 2.38 bits per heavy atom. The zero-order chi connectivity index (χ0) is 20.1. The summed E-state index contributed by atoms with van der Waals surface area (Å²) in [6.45, 7) is 0.0547. The van der Waals surface area contributed by atoms with Crippen molar-refractivity contribution in [2.45, 2.75) is 6.10 Å². The highest BCUT2D eigenvalue weighted by Crippen LogP contribution is 2.30. The van der Waals surface area contributed by atoms with Gasteiger partial charge in [0.05, 0.1) is 0 Å². The van der Waals surface area contributed by atoms with Crippen LogP contribution in [0.25, 0.3) is 0 Å². The maximum atomic E-state index is 12.4. The first-order valence-corrected chi connectivity index (χ1v) is 9.01. The maximum Gasteiger partial charge on any atom is 0.283 e. The van der Waals surface area contributed by atoms with Crippen LogP contribution in [0.3, 0.4) is 0 Å². The van der Waals surface area contributed by atoms with Gasteiger partial charge in [0.1, 0.15) is 18.1 Å². The predicted molar refractivity (Wildman–Crippen MR) is 105 cm³/mol. The Kier molecular flexibility index (Phi) is 5.29. The molecule has 7 heteroatoms. The van der Waals surface area contributed by atoms with Crippen LogP contribution in [0, 0.1) is 0 Å². The molecule has 29 heavy (non-hydrogen) atoms. The van der Waals surface area contributed by atoms with Crippen LogP contribution in [0.1, 0.15) is 10.4 Å². The second kappa shape index (κ2) is 8.35. The molecule has 2 amide bonds. The van der Waals surface area contributed by atoms with Gasteiger partial charge >= 0.3 is 0 Å². The summed E-state index contributed by atoms with van der Waals surface area (Å²) in [6, 6.07) is 23.0. The van der Waals surface area contributed by atoms with Gasteiger partial charge in [0.15, 0.2) is 11.5 Å². The summed E-state index contributed by atoms with van der Waals surface area (Å²) < 4.78 is 16.8. The molecular formula is C22H18N2O5. The van der Waals surface area contributed by atoms with Gasteiger partial charge < -0.3 is 14.2 Å².